The standard InChI is InChI=1S/C18H14N2/c1-13-6-8-14(9-7-13)15(11-19)10-16-12-20-18-5-3-2-4-17(16)18/h2-10,12,20H,1H3/b15-10-. The Morgan fingerprint density at radius 1 is 1.10 bits per heavy atom. The summed E-state index contributed by atoms with van der Waals surface area (Å²) in [5, 5.41) is 10.5. The van der Waals surface area contributed by atoms with Gasteiger partial charge in [-0.25, -0.2) is 0 Å². The first-order valence-corrected chi connectivity index (χ1v) is 6.53. The Morgan fingerprint density at radius 3 is 2.60 bits per heavy atom. The smallest absolute Gasteiger partial charge is 0.0998 e. The first kappa shape index (κ1) is 12.3. The number of hydrogen-bond donors (Lipinski definition) is 1. The van der Waals surface area contributed by atoms with Crippen LogP contribution in [0.1, 0.15) is 16.7 Å². The summed E-state index contributed by atoms with van der Waals surface area (Å²) >= 11 is 0. The van der Waals surface area contributed by atoms with Crippen molar-refractivity contribution >= 4 is 22.6 Å². The molecular formula is C18H14N2. The van der Waals surface area contributed by atoms with Crippen LogP contribution in [-0.2, 0) is 0 Å². The summed E-state index contributed by atoms with van der Waals surface area (Å²) in [7, 11) is 0. The molecule has 0 unspecified atom stereocenters. The molecular weight excluding hydrogens is 244 g/mol. The predicted octanol–water partition coefficient (Wildman–Crippen LogP) is 4.54. The van der Waals surface area contributed by atoms with Crippen molar-refractivity contribution in [1.82, 2.24) is 4.98 Å². The van der Waals surface area contributed by atoms with Crippen LogP contribution in [0.2, 0.25) is 0 Å². The summed E-state index contributed by atoms with van der Waals surface area (Å²) in [6, 6.07) is 18.4. The summed E-state index contributed by atoms with van der Waals surface area (Å²) in [5.41, 5.74) is 4.94. The highest BCUT2D eigenvalue weighted by Crippen LogP contribution is 2.23. The molecule has 2 nitrogen and oxygen atoms in total. The number of rotatable bonds is 2. The lowest BCUT2D eigenvalue weighted by Gasteiger charge is -2.00. The molecule has 0 fully saturated rings. The monoisotopic (exact) mass is 258 g/mol. The third-order valence-corrected chi connectivity index (χ3v) is 3.40. The van der Waals surface area contributed by atoms with Crippen LogP contribution >= 0.6 is 0 Å². The van der Waals surface area contributed by atoms with E-state index in [0.717, 1.165) is 22.0 Å². The average Bonchev–Trinajstić information content (AvgIpc) is 2.89. The number of aromatic amines is 1. The molecule has 0 saturated heterocycles. The van der Waals surface area contributed by atoms with Crippen LogP contribution in [-0.4, -0.2) is 4.98 Å². The minimum absolute atomic E-state index is 0.676. The highest BCUT2D eigenvalue weighted by atomic mass is 14.7. The van der Waals surface area contributed by atoms with Gasteiger partial charge >= 0.3 is 0 Å². The Bertz CT molecular complexity index is 814. The van der Waals surface area contributed by atoms with Crippen LogP contribution in [0.15, 0.2) is 54.7 Å². The van der Waals surface area contributed by atoms with E-state index in [2.05, 4.69) is 17.1 Å². The van der Waals surface area contributed by atoms with Gasteiger partial charge in [0.25, 0.3) is 0 Å². The van der Waals surface area contributed by atoms with E-state index in [4.69, 9.17) is 0 Å². The number of para-hydroxylation sites is 1. The van der Waals surface area contributed by atoms with Crippen LogP contribution in [0, 0.1) is 18.3 Å². The van der Waals surface area contributed by atoms with Gasteiger partial charge < -0.3 is 4.98 Å². The van der Waals surface area contributed by atoms with Crippen molar-refractivity contribution in [3.63, 3.8) is 0 Å². The fourth-order valence-electron chi connectivity index (χ4n) is 2.28. The first-order chi connectivity index (χ1) is 9.78. The van der Waals surface area contributed by atoms with E-state index in [1.165, 1.54) is 5.56 Å². The number of nitrogens with one attached hydrogen (secondary N) is 1. The fraction of sp³-hybridized carbons (Fsp3) is 0.0556. The number of H-pyrrole nitrogens is 1. The van der Waals surface area contributed by atoms with Gasteiger partial charge in [-0.1, -0.05) is 48.0 Å². The minimum atomic E-state index is 0.676. The van der Waals surface area contributed by atoms with E-state index in [1.54, 1.807) is 0 Å². The van der Waals surface area contributed by atoms with Crippen LogP contribution in [0.25, 0.3) is 22.6 Å². The molecule has 1 heterocycles. The highest BCUT2D eigenvalue weighted by Gasteiger charge is 2.04. The lowest BCUT2D eigenvalue weighted by molar-refractivity contribution is 1.45. The molecule has 0 atom stereocenters. The second kappa shape index (κ2) is 5.07. The van der Waals surface area contributed by atoms with Crippen LogP contribution in [0.4, 0.5) is 0 Å². The number of nitrogens with zero attached hydrogens (tertiary/aromatic N) is 1. The van der Waals surface area contributed by atoms with Gasteiger partial charge in [0, 0.05) is 22.7 Å². The molecule has 1 N–H and O–H groups in total. The molecule has 0 saturated carbocycles. The summed E-state index contributed by atoms with van der Waals surface area (Å²) in [6.07, 6.45) is 3.87. The van der Waals surface area contributed by atoms with Gasteiger partial charge in [-0.05, 0) is 24.6 Å². The second-order valence-corrected chi connectivity index (χ2v) is 4.83. The van der Waals surface area contributed by atoms with E-state index < -0.39 is 0 Å². The maximum atomic E-state index is 9.39. The molecule has 0 radical (unpaired) electrons. The van der Waals surface area contributed by atoms with Gasteiger partial charge in [-0.3, -0.25) is 0 Å². The Hall–Kier alpha value is -2.79. The number of aryl methyl sites for hydroxylation is 1. The number of aromatic nitrogens is 1. The summed E-state index contributed by atoms with van der Waals surface area (Å²) in [5.74, 6) is 0. The van der Waals surface area contributed by atoms with Crippen LogP contribution in [0.3, 0.4) is 0 Å². The highest BCUT2D eigenvalue weighted by molar-refractivity contribution is 5.97. The Labute approximate surface area is 118 Å². The molecule has 0 spiro atoms. The van der Waals surface area contributed by atoms with Crippen molar-refractivity contribution < 1.29 is 0 Å². The van der Waals surface area contributed by atoms with Crippen molar-refractivity contribution in [1.29, 1.82) is 5.26 Å². The Balaban J connectivity index is 2.09. The van der Waals surface area contributed by atoms with Crippen molar-refractivity contribution in [3.05, 3.63) is 71.4 Å². The van der Waals surface area contributed by atoms with Gasteiger partial charge in [0.15, 0.2) is 0 Å². The van der Waals surface area contributed by atoms with Crippen molar-refractivity contribution in [2.45, 2.75) is 6.92 Å². The van der Waals surface area contributed by atoms with Crippen LogP contribution < -0.4 is 0 Å². The number of allylic oxidation sites excluding steroid dienone is 1. The quantitative estimate of drug-likeness (QED) is 0.673. The number of nitriles is 1. The zero-order chi connectivity index (χ0) is 13.9. The van der Waals surface area contributed by atoms with Crippen molar-refractivity contribution in [2.24, 2.45) is 0 Å². The zero-order valence-corrected chi connectivity index (χ0v) is 11.2. The molecule has 0 aliphatic rings. The molecule has 0 aliphatic carbocycles. The topological polar surface area (TPSA) is 39.6 Å². The maximum absolute atomic E-state index is 9.39. The molecule has 2 heteroatoms. The normalized spacial score (nSPS) is 11.5. The molecule has 20 heavy (non-hydrogen) atoms. The molecule has 96 valence electrons. The summed E-state index contributed by atoms with van der Waals surface area (Å²) in [4.78, 5) is 3.22. The number of fused-ring (bicyclic) bond motifs is 1. The largest absolute Gasteiger partial charge is 0.361 e. The maximum Gasteiger partial charge on any atom is 0.0998 e. The van der Waals surface area contributed by atoms with Crippen molar-refractivity contribution in [3.8, 4) is 6.07 Å². The van der Waals surface area contributed by atoms with Crippen molar-refractivity contribution in [2.75, 3.05) is 0 Å². The minimum Gasteiger partial charge on any atom is -0.361 e. The molecule has 3 aromatic rings. The van der Waals surface area contributed by atoms with Gasteiger partial charge in [0.2, 0.25) is 0 Å². The molecule has 0 amide bonds. The van der Waals surface area contributed by atoms with E-state index in [-0.39, 0.29) is 0 Å². The predicted molar refractivity (Wildman–Crippen MR) is 83.0 cm³/mol. The Kier molecular flexibility index (Phi) is 3.10. The third kappa shape index (κ3) is 2.22. The van der Waals surface area contributed by atoms with Gasteiger partial charge in [0.05, 0.1) is 11.6 Å². The summed E-state index contributed by atoms with van der Waals surface area (Å²) < 4.78 is 0. The average molecular weight is 258 g/mol. The van der Waals surface area contributed by atoms with Crippen LogP contribution in [0.5, 0.6) is 0 Å². The van der Waals surface area contributed by atoms with E-state index in [1.807, 2.05) is 61.7 Å². The molecule has 0 bridgehead atoms. The second-order valence-electron chi connectivity index (χ2n) is 4.83. The van der Waals surface area contributed by atoms with E-state index in [9.17, 15) is 5.26 Å². The van der Waals surface area contributed by atoms with Gasteiger partial charge in [-0.2, -0.15) is 5.26 Å². The van der Waals surface area contributed by atoms with Gasteiger partial charge in [0.1, 0.15) is 0 Å². The lowest BCUT2D eigenvalue weighted by atomic mass is 10.0. The fourth-order valence-corrected chi connectivity index (χ4v) is 2.28. The molecule has 0 aliphatic heterocycles. The molecule has 2 aromatic carbocycles. The molecule has 1 aromatic heterocycles. The first-order valence-electron chi connectivity index (χ1n) is 6.53. The Morgan fingerprint density at radius 2 is 1.85 bits per heavy atom. The zero-order valence-electron chi connectivity index (χ0n) is 11.2. The van der Waals surface area contributed by atoms with E-state index in [0.29, 0.717) is 5.57 Å². The molecule has 3 rings (SSSR count). The SMILES string of the molecule is Cc1ccc(/C(C#N)=C\c2c[nH]c3ccccc23)cc1. The number of hydrogen-bond acceptors (Lipinski definition) is 1. The van der Waals surface area contributed by atoms with E-state index >= 15 is 0 Å². The summed E-state index contributed by atoms with van der Waals surface area (Å²) in [6.45, 7) is 2.04. The van der Waals surface area contributed by atoms with Gasteiger partial charge in [-0.15, -0.1) is 0 Å². The number of benzene rings is 2. The lowest BCUT2D eigenvalue weighted by Crippen LogP contribution is -1.82. The third-order valence-electron chi connectivity index (χ3n) is 3.40.